The van der Waals surface area contributed by atoms with Crippen LogP contribution in [0.2, 0.25) is 0 Å². The summed E-state index contributed by atoms with van der Waals surface area (Å²) in [6.45, 7) is 1.23. The SMILES string of the molecule is CO[C@@H]1CC[C@H]2[C@H]1OCCN2C(=O)c1cc2ccccc2n1C. The second kappa shape index (κ2) is 5.65. The van der Waals surface area contributed by atoms with Gasteiger partial charge >= 0.3 is 0 Å². The van der Waals surface area contributed by atoms with Crippen LogP contribution in [-0.4, -0.2) is 53.9 Å². The van der Waals surface area contributed by atoms with E-state index in [9.17, 15) is 4.79 Å². The Balaban J connectivity index is 1.66. The fourth-order valence-corrected chi connectivity index (χ4v) is 4.06. The number of hydrogen-bond acceptors (Lipinski definition) is 3. The number of rotatable bonds is 2. The molecular weight excluding hydrogens is 292 g/mol. The van der Waals surface area contributed by atoms with Crippen LogP contribution in [0.25, 0.3) is 10.9 Å². The van der Waals surface area contributed by atoms with Crippen molar-refractivity contribution in [2.45, 2.75) is 31.1 Å². The highest BCUT2D eigenvalue weighted by Crippen LogP contribution is 2.33. The second-order valence-electron chi connectivity index (χ2n) is 6.40. The lowest BCUT2D eigenvalue weighted by Crippen LogP contribution is -2.54. The maximum absolute atomic E-state index is 13.1. The molecule has 4 rings (SSSR count). The predicted molar refractivity (Wildman–Crippen MR) is 87.5 cm³/mol. The highest BCUT2D eigenvalue weighted by molar-refractivity contribution is 5.99. The van der Waals surface area contributed by atoms with E-state index in [1.165, 1.54) is 0 Å². The Morgan fingerprint density at radius 2 is 2.13 bits per heavy atom. The fourth-order valence-electron chi connectivity index (χ4n) is 4.06. The number of aromatic nitrogens is 1. The Kier molecular flexibility index (Phi) is 3.62. The van der Waals surface area contributed by atoms with Crippen molar-refractivity contribution >= 4 is 16.8 Å². The van der Waals surface area contributed by atoms with E-state index in [0.29, 0.717) is 13.2 Å². The zero-order valence-electron chi connectivity index (χ0n) is 13.6. The minimum atomic E-state index is 0.00684. The normalized spacial score (nSPS) is 27.4. The smallest absolute Gasteiger partial charge is 0.270 e. The van der Waals surface area contributed by atoms with E-state index in [1.807, 2.05) is 46.8 Å². The topological polar surface area (TPSA) is 43.7 Å². The number of morpholine rings is 1. The summed E-state index contributed by atoms with van der Waals surface area (Å²) in [6.07, 6.45) is 2.00. The number of hydrogen-bond donors (Lipinski definition) is 0. The number of ether oxygens (including phenoxy) is 2. The molecule has 2 aliphatic rings. The molecule has 2 fully saturated rings. The number of carbonyl (C=O) groups is 1. The minimum absolute atomic E-state index is 0.00684. The van der Waals surface area contributed by atoms with Gasteiger partial charge in [0, 0.05) is 31.6 Å². The number of fused-ring (bicyclic) bond motifs is 2. The van der Waals surface area contributed by atoms with Crippen LogP contribution in [0.1, 0.15) is 23.3 Å². The Labute approximate surface area is 135 Å². The lowest BCUT2D eigenvalue weighted by atomic mass is 10.1. The zero-order chi connectivity index (χ0) is 16.0. The molecule has 2 aromatic rings. The van der Waals surface area contributed by atoms with Crippen LogP contribution in [0, 0.1) is 0 Å². The Morgan fingerprint density at radius 3 is 2.91 bits per heavy atom. The van der Waals surface area contributed by atoms with Crippen molar-refractivity contribution in [3.05, 3.63) is 36.0 Å². The maximum atomic E-state index is 13.1. The van der Waals surface area contributed by atoms with Crippen molar-refractivity contribution in [1.82, 2.24) is 9.47 Å². The molecule has 5 heteroatoms. The zero-order valence-corrected chi connectivity index (χ0v) is 13.6. The molecule has 0 radical (unpaired) electrons. The van der Waals surface area contributed by atoms with Crippen LogP contribution >= 0.6 is 0 Å². The van der Waals surface area contributed by atoms with Crippen LogP contribution in [-0.2, 0) is 16.5 Å². The van der Waals surface area contributed by atoms with E-state index in [2.05, 4.69) is 0 Å². The molecule has 1 aliphatic heterocycles. The molecule has 3 atom stereocenters. The Morgan fingerprint density at radius 1 is 1.30 bits per heavy atom. The van der Waals surface area contributed by atoms with E-state index in [-0.39, 0.29) is 24.2 Å². The van der Waals surface area contributed by atoms with Gasteiger partial charge in [-0.15, -0.1) is 0 Å². The van der Waals surface area contributed by atoms with Crippen LogP contribution in [0.3, 0.4) is 0 Å². The number of methoxy groups -OCH3 is 1. The molecule has 0 N–H and O–H groups in total. The quantitative estimate of drug-likeness (QED) is 0.853. The van der Waals surface area contributed by atoms with E-state index in [1.54, 1.807) is 7.11 Å². The molecule has 122 valence electrons. The van der Waals surface area contributed by atoms with Gasteiger partial charge in [0.1, 0.15) is 11.8 Å². The highest BCUT2D eigenvalue weighted by atomic mass is 16.5. The molecule has 1 aromatic carbocycles. The molecule has 23 heavy (non-hydrogen) atoms. The van der Waals surface area contributed by atoms with Gasteiger partial charge in [0.2, 0.25) is 0 Å². The van der Waals surface area contributed by atoms with Gasteiger partial charge in [0.05, 0.1) is 18.8 Å². The van der Waals surface area contributed by atoms with Crippen molar-refractivity contribution in [2.24, 2.45) is 7.05 Å². The molecule has 1 aliphatic carbocycles. The van der Waals surface area contributed by atoms with Crippen molar-refractivity contribution in [3.63, 3.8) is 0 Å². The lowest BCUT2D eigenvalue weighted by Gasteiger charge is -2.38. The van der Waals surface area contributed by atoms with E-state index >= 15 is 0 Å². The van der Waals surface area contributed by atoms with Crippen molar-refractivity contribution < 1.29 is 14.3 Å². The molecule has 0 unspecified atom stereocenters. The monoisotopic (exact) mass is 314 g/mol. The van der Waals surface area contributed by atoms with Gasteiger partial charge in [-0.05, 0) is 25.0 Å². The Bertz CT molecular complexity index is 739. The Hall–Kier alpha value is -1.85. The number of aryl methyl sites for hydroxylation is 1. The summed E-state index contributed by atoms with van der Waals surface area (Å²) in [4.78, 5) is 15.1. The van der Waals surface area contributed by atoms with Gasteiger partial charge in [-0.2, -0.15) is 0 Å². The number of nitrogens with zero attached hydrogens (tertiary/aromatic N) is 2. The second-order valence-corrected chi connectivity index (χ2v) is 6.40. The first-order valence-corrected chi connectivity index (χ1v) is 8.20. The third-order valence-electron chi connectivity index (χ3n) is 5.27. The predicted octanol–water partition coefficient (Wildman–Crippen LogP) is 2.20. The first-order chi connectivity index (χ1) is 11.2. The lowest BCUT2D eigenvalue weighted by molar-refractivity contribution is -0.0948. The number of carbonyl (C=O) groups excluding carboxylic acids is 1. The molecule has 5 nitrogen and oxygen atoms in total. The summed E-state index contributed by atoms with van der Waals surface area (Å²) in [7, 11) is 3.68. The van der Waals surface area contributed by atoms with Crippen molar-refractivity contribution in [2.75, 3.05) is 20.3 Å². The van der Waals surface area contributed by atoms with Crippen LogP contribution in [0.15, 0.2) is 30.3 Å². The molecular formula is C18H22N2O3. The van der Waals surface area contributed by atoms with E-state index in [4.69, 9.17) is 9.47 Å². The van der Waals surface area contributed by atoms with Crippen molar-refractivity contribution in [3.8, 4) is 0 Å². The van der Waals surface area contributed by atoms with Crippen LogP contribution in [0.4, 0.5) is 0 Å². The standard InChI is InChI=1S/C18H22N2O3/c1-19-13-6-4-3-5-12(13)11-15(19)18(21)20-9-10-23-17-14(20)7-8-16(17)22-2/h3-6,11,14,16-17H,7-10H2,1-2H3/t14-,16+,17+/m0/s1. The van der Waals surface area contributed by atoms with Gasteiger partial charge in [-0.3, -0.25) is 4.79 Å². The summed E-state index contributed by atoms with van der Waals surface area (Å²) in [5, 5.41) is 1.10. The molecule has 0 bridgehead atoms. The summed E-state index contributed by atoms with van der Waals surface area (Å²) in [5.41, 5.74) is 1.83. The van der Waals surface area contributed by atoms with Gasteiger partial charge in [0.15, 0.2) is 0 Å². The molecule has 0 spiro atoms. The van der Waals surface area contributed by atoms with E-state index in [0.717, 1.165) is 29.4 Å². The van der Waals surface area contributed by atoms with Crippen LogP contribution < -0.4 is 0 Å². The first kappa shape index (κ1) is 14.7. The summed E-state index contributed by atoms with van der Waals surface area (Å²) >= 11 is 0. The molecule has 2 heterocycles. The number of para-hydroxylation sites is 1. The molecule has 1 aromatic heterocycles. The molecule has 1 amide bonds. The molecule has 1 saturated heterocycles. The van der Waals surface area contributed by atoms with Gasteiger partial charge in [-0.25, -0.2) is 0 Å². The number of benzene rings is 1. The third kappa shape index (κ3) is 2.26. The van der Waals surface area contributed by atoms with Crippen LogP contribution in [0.5, 0.6) is 0 Å². The van der Waals surface area contributed by atoms with Gasteiger partial charge in [-0.1, -0.05) is 18.2 Å². The summed E-state index contributed by atoms with van der Waals surface area (Å²) < 4.78 is 13.4. The maximum Gasteiger partial charge on any atom is 0.270 e. The fraction of sp³-hybridized carbons (Fsp3) is 0.500. The number of amides is 1. The third-order valence-corrected chi connectivity index (χ3v) is 5.27. The molecule has 1 saturated carbocycles. The first-order valence-electron chi connectivity index (χ1n) is 8.20. The average molecular weight is 314 g/mol. The van der Waals surface area contributed by atoms with Gasteiger partial charge < -0.3 is 18.9 Å². The van der Waals surface area contributed by atoms with E-state index < -0.39 is 0 Å². The average Bonchev–Trinajstić information content (AvgIpc) is 3.15. The van der Waals surface area contributed by atoms with Gasteiger partial charge in [0.25, 0.3) is 5.91 Å². The highest BCUT2D eigenvalue weighted by Gasteiger charge is 2.45. The summed E-state index contributed by atoms with van der Waals surface area (Å²) in [6, 6.07) is 10.2. The summed E-state index contributed by atoms with van der Waals surface area (Å²) in [5.74, 6) is 0.0961. The van der Waals surface area contributed by atoms with Crippen molar-refractivity contribution in [1.29, 1.82) is 0 Å². The minimum Gasteiger partial charge on any atom is -0.379 e. The largest absolute Gasteiger partial charge is 0.379 e.